The summed E-state index contributed by atoms with van der Waals surface area (Å²) in [4.78, 5) is 29.3. The van der Waals surface area contributed by atoms with E-state index >= 15 is 0 Å². The van der Waals surface area contributed by atoms with Crippen molar-refractivity contribution in [3.05, 3.63) is 54.1 Å². The molecule has 2 amide bonds. The van der Waals surface area contributed by atoms with E-state index in [-0.39, 0.29) is 11.8 Å². The van der Waals surface area contributed by atoms with Crippen molar-refractivity contribution in [1.29, 1.82) is 0 Å². The van der Waals surface area contributed by atoms with Crippen LogP contribution in [0.1, 0.15) is 25.8 Å². The minimum atomic E-state index is -1.21. The SMILES string of the molecule is COc1ccc(CN2C(=O)C(N)C(=O)N(CCC(C)C)c3ccccc32)cc1. The highest BCUT2D eigenvalue weighted by atomic mass is 16.5. The zero-order chi connectivity index (χ0) is 20.3. The third-order valence-electron chi connectivity index (χ3n) is 4.96. The van der Waals surface area contributed by atoms with Crippen LogP contribution in [0.5, 0.6) is 5.75 Å². The number of carbonyl (C=O) groups excluding carboxylic acids is 2. The molecule has 1 heterocycles. The molecule has 1 atom stereocenters. The van der Waals surface area contributed by atoms with Crippen molar-refractivity contribution >= 4 is 23.2 Å². The van der Waals surface area contributed by atoms with Gasteiger partial charge in [-0.2, -0.15) is 0 Å². The number of nitrogens with zero attached hydrogens (tertiary/aromatic N) is 2. The van der Waals surface area contributed by atoms with Crippen LogP contribution in [-0.2, 0) is 16.1 Å². The van der Waals surface area contributed by atoms with Crippen LogP contribution >= 0.6 is 0 Å². The van der Waals surface area contributed by atoms with Gasteiger partial charge in [0.1, 0.15) is 5.75 Å². The van der Waals surface area contributed by atoms with Gasteiger partial charge in [-0.1, -0.05) is 38.1 Å². The fourth-order valence-corrected chi connectivity index (χ4v) is 3.29. The number of ether oxygens (including phenoxy) is 1. The summed E-state index contributed by atoms with van der Waals surface area (Å²) in [6.07, 6.45) is 0.833. The molecular weight excluding hydrogens is 354 g/mol. The maximum absolute atomic E-state index is 13.1. The van der Waals surface area contributed by atoms with Gasteiger partial charge in [-0.25, -0.2) is 0 Å². The number of nitrogens with two attached hydrogens (primary N) is 1. The van der Waals surface area contributed by atoms with E-state index < -0.39 is 6.04 Å². The molecule has 148 valence electrons. The van der Waals surface area contributed by atoms with Gasteiger partial charge in [0.05, 0.1) is 25.0 Å². The van der Waals surface area contributed by atoms with Crippen LogP contribution in [0.25, 0.3) is 0 Å². The molecule has 0 saturated carbocycles. The van der Waals surface area contributed by atoms with Gasteiger partial charge in [0.2, 0.25) is 0 Å². The van der Waals surface area contributed by atoms with Crippen molar-refractivity contribution in [3.63, 3.8) is 0 Å². The highest BCUT2D eigenvalue weighted by molar-refractivity contribution is 6.20. The second kappa shape index (κ2) is 8.44. The smallest absolute Gasteiger partial charge is 0.254 e. The van der Waals surface area contributed by atoms with Crippen LogP contribution in [0, 0.1) is 5.92 Å². The summed E-state index contributed by atoms with van der Waals surface area (Å²) in [6, 6.07) is 13.8. The van der Waals surface area contributed by atoms with E-state index in [9.17, 15) is 9.59 Å². The molecule has 0 saturated heterocycles. The first kappa shape index (κ1) is 19.9. The van der Waals surface area contributed by atoms with E-state index in [0.717, 1.165) is 23.4 Å². The van der Waals surface area contributed by atoms with Gasteiger partial charge in [-0.05, 0) is 42.2 Å². The lowest BCUT2D eigenvalue weighted by atomic mass is 10.1. The average Bonchev–Trinajstić information content (AvgIpc) is 2.77. The van der Waals surface area contributed by atoms with Gasteiger partial charge in [0, 0.05) is 6.54 Å². The van der Waals surface area contributed by atoms with Crippen molar-refractivity contribution in [2.75, 3.05) is 23.5 Å². The van der Waals surface area contributed by atoms with Crippen LogP contribution in [-0.4, -0.2) is 31.5 Å². The first-order valence-electron chi connectivity index (χ1n) is 9.52. The second-order valence-corrected chi connectivity index (χ2v) is 7.41. The van der Waals surface area contributed by atoms with Crippen LogP contribution in [0.4, 0.5) is 11.4 Å². The normalized spacial score (nSPS) is 17.0. The second-order valence-electron chi connectivity index (χ2n) is 7.41. The Hall–Kier alpha value is -2.86. The Morgan fingerprint density at radius 2 is 1.54 bits per heavy atom. The molecule has 1 unspecified atom stereocenters. The monoisotopic (exact) mass is 381 g/mol. The number of methoxy groups -OCH3 is 1. The zero-order valence-corrected chi connectivity index (χ0v) is 16.6. The lowest BCUT2D eigenvalue weighted by Gasteiger charge is -2.26. The largest absolute Gasteiger partial charge is 0.497 e. The number of rotatable bonds is 6. The average molecular weight is 381 g/mol. The summed E-state index contributed by atoms with van der Waals surface area (Å²) >= 11 is 0. The van der Waals surface area contributed by atoms with Gasteiger partial charge in [0.15, 0.2) is 6.04 Å². The molecule has 1 aliphatic heterocycles. The molecular formula is C22H27N3O3. The maximum atomic E-state index is 13.1. The fourth-order valence-electron chi connectivity index (χ4n) is 3.29. The molecule has 2 N–H and O–H groups in total. The van der Waals surface area contributed by atoms with Gasteiger partial charge in [0.25, 0.3) is 11.8 Å². The molecule has 2 aromatic rings. The lowest BCUT2D eigenvalue weighted by Crippen LogP contribution is -2.51. The summed E-state index contributed by atoms with van der Waals surface area (Å²) in [5.74, 6) is 0.444. The van der Waals surface area contributed by atoms with Gasteiger partial charge in [-0.3, -0.25) is 9.59 Å². The first-order chi connectivity index (χ1) is 13.4. The van der Waals surface area contributed by atoms with Gasteiger partial charge in [-0.15, -0.1) is 0 Å². The van der Waals surface area contributed by atoms with Gasteiger partial charge < -0.3 is 20.3 Å². The predicted molar refractivity (Wildman–Crippen MR) is 110 cm³/mol. The molecule has 0 aliphatic carbocycles. The number of hydrogen-bond acceptors (Lipinski definition) is 4. The van der Waals surface area contributed by atoms with Crippen molar-refractivity contribution in [2.45, 2.75) is 32.9 Å². The Morgan fingerprint density at radius 1 is 0.964 bits per heavy atom. The fraction of sp³-hybridized carbons (Fsp3) is 0.364. The summed E-state index contributed by atoms with van der Waals surface area (Å²) in [6.45, 7) is 5.08. The van der Waals surface area contributed by atoms with Crippen LogP contribution in [0.2, 0.25) is 0 Å². The topological polar surface area (TPSA) is 75.9 Å². The molecule has 0 spiro atoms. The minimum absolute atomic E-state index is 0.332. The number of fused-ring (bicyclic) bond motifs is 1. The third-order valence-corrected chi connectivity index (χ3v) is 4.96. The Balaban J connectivity index is 1.99. The Kier molecular flexibility index (Phi) is 5.99. The highest BCUT2D eigenvalue weighted by Crippen LogP contribution is 2.34. The Morgan fingerprint density at radius 3 is 2.11 bits per heavy atom. The Bertz CT molecular complexity index is 848. The molecule has 2 aromatic carbocycles. The van der Waals surface area contributed by atoms with Crippen molar-refractivity contribution in [2.24, 2.45) is 11.7 Å². The first-order valence-corrected chi connectivity index (χ1v) is 9.52. The van der Waals surface area contributed by atoms with Gasteiger partial charge >= 0.3 is 0 Å². The Labute approximate surface area is 165 Å². The molecule has 1 aliphatic rings. The highest BCUT2D eigenvalue weighted by Gasteiger charge is 2.37. The molecule has 6 nitrogen and oxygen atoms in total. The number of para-hydroxylation sites is 2. The van der Waals surface area contributed by atoms with E-state index in [1.807, 2.05) is 48.5 Å². The molecule has 0 fully saturated rings. The van der Waals surface area contributed by atoms with E-state index in [4.69, 9.17) is 10.5 Å². The predicted octanol–water partition coefficient (Wildman–Crippen LogP) is 2.95. The number of benzene rings is 2. The van der Waals surface area contributed by atoms with Crippen molar-refractivity contribution < 1.29 is 14.3 Å². The molecule has 0 radical (unpaired) electrons. The van der Waals surface area contributed by atoms with E-state index in [1.54, 1.807) is 16.9 Å². The summed E-state index contributed by atoms with van der Waals surface area (Å²) in [7, 11) is 1.61. The van der Waals surface area contributed by atoms with E-state index in [1.165, 1.54) is 0 Å². The van der Waals surface area contributed by atoms with E-state index in [2.05, 4.69) is 13.8 Å². The minimum Gasteiger partial charge on any atom is -0.497 e. The van der Waals surface area contributed by atoms with Crippen molar-refractivity contribution in [3.8, 4) is 5.75 Å². The van der Waals surface area contributed by atoms with Crippen LogP contribution in [0.3, 0.4) is 0 Å². The summed E-state index contributed by atoms with van der Waals surface area (Å²) in [5.41, 5.74) is 8.44. The number of amides is 2. The van der Waals surface area contributed by atoms with Crippen LogP contribution < -0.4 is 20.3 Å². The lowest BCUT2D eigenvalue weighted by molar-refractivity contribution is -0.128. The van der Waals surface area contributed by atoms with E-state index in [0.29, 0.717) is 24.7 Å². The quantitative estimate of drug-likeness (QED) is 0.781. The van der Waals surface area contributed by atoms with Crippen LogP contribution in [0.15, 0.2) is 48.5 Å². The number of anilines is 2. The molecule has 6 heteroatoms. The number of carbonyl (C=O) groups is 2. The molecule has 0 bridgehead atoms. The van der Waals surface area contributed by atoms with Crippen molar-refractivity contribution in [1.82, 2.24) is 0 Å². The maximum Gasteiger partial charge on any atom is 0.254 e. The third kappa shape index (κ3) is 4.02. The summed E-state index contributed by atoms with van der Waals surface area (Å²) in [5, 5.41) is 0. The molecule has 3 rings (SSSR count). The standard InChI is InChI=1S/C22H27N3O3/c1-15(2)12-13-24-18-6-4-5-7-19(18)25(22(27)20(23)21(24)26)14-16-8-10-17(28-3)11-9-16/h4-11,15,20H,12-14,23H2,1-3H3. The zero-order valence-electron chi connectivity index (χ0n) is 16.6. The molecule has 28 heavy (non-hydrogen) atoms. The summed E-state index contributed by atoms with van der Waals surface area (Å²) < 4.78 is 5.20. The molecule has 0 aromatic heterocycles. The number of hydrogen-bond donors (Lipinski definition) is 1.